The maximum Gasteiger partial charge on any atom is 0.213 e. The Morgan fingerprint density at radius 3 is 2.36 bits per heavy atom. The number of ether oxygens (including phenoxy) is 1. The highest BCUT2D eigenvalue weighted by molar-refractivity contribution is 5.68. The van der Waals surface area contributed by atoms with Crippen LogP contribution in [0, 0.1) is 18.8 Å². The van der Waals surface area contributed by atoms with Crippen molar-refractivity contribution in [3.05, 3.63) is 76.6 Å². The number of nitrogens with one attached hydrogen (secondary N) is 3. The van der Waals surface area contributed by atoms with E-state index in [1.807, 2.05) is 38.2 Å². The lowest BCUT2D eigenvalue weighted by molar-refractivity contribution is -0.117. The molecule has 292 valence electrons. The predicted octanol–water partition coefficient (Wildman–Crippen LogP) is 7.92. The number of hydrogen-bond acceptors (Lipinski definition) is 8. The van der Waals surface area contributed by atoms with E-state index in [2.05, 4.69) is 72.5 Å². The molecule has 1 unspecified atom stereocenters. The van der Waals surface area contributed by atoms with Gasteiger partial charge in [-0.1, -0.05) is 63.2 Å². The van der Waals surface area contributed by atoms with Crippen molar-refractivity contribution < 1.29 is 14.3 Å². The van der Waals surface area contributed by atoms with Gasteiger partial charge in [-0.05, 0) is 126 Å². The highest BCUT2D eigenvalue weighted by atomic mass is 16.5. The third kappa shape index (κ3) is 16.9. The van der Waals surface area contributed by atoms with Gasteiger partial charge in [0.15, 0.2) is 0 Å². The van der Waals surface area contributed by atoms with Crippen LogP contribution in [0.1, 0.15) is 133 Å². The summed E-state index contributed by atoms with van der Waals surface area (Å²) in [6.07, 6.45) is 20.6. The molecular weight excluding hydrogens is 661 g/mol. The fourth-order valence-corrected chi connectivity index (χ4v) is 6.43. The van der Waals surface area contributed by atoms with E-state index in [4.69, 9.17) is 25.8 Å². The molecule has 0 radical (unpaired) electrons. The van der Waals surface area contributed by atoms with Crippen molar-refractivity contribution in [2.45, 2.75) is 143 Å². The van der Waals surface area contributed by atoms with E-state index in [0.717, 1.165) is 49.9 Å². The third-order valence-electron chi connectivity index (χ3n) is 9.87. The first-order chi connectivity index (χ1) is 25.8. The van der Waals surface area contributed by atoms with E-state index in [9.17, 15) is 0 Å². The average Bonchev–Trinajstić information content (AvgIpc) is 3.15. The molecule has 2 aromatic rings. The number of nitrogens with zero attached hydrogens (tertiary/aromatic N) is 1. The minimum absolute atomic E-state index is 0.312. The van der Waals surface area contributed by atoms with Crippen LogP contribution in [0.5, 0.6) is 5.75 Å². The van der Waals surface area contributed by atoms with Gasteiger partial charge in [0, 0.05) is 48.4 Å². The molecule has 4 rings (SSSR count). The van der Waals surface area contributed by atoms with Crippen molar-refractivity contribution in [2.24, 2.45) is 5.73 Å². The molecule has 7 N–H and O–H groups in total. The summed E-state index contributed by atoms with van der Waals surface area (Å²) in [6, 6.07) is 14.0. The van der Waals surface area contributed by atoms with Gasteiger partial charge in [0.25, 0.3) is 0 Å². The summed E-state index contributed by atoms with van der Waals surface area (Å²) in [7, 11) is 1.62. The lowest BCUT2D eigenvalue weighted by Gasteiger charge is -2.31. The number of nitrogens with two attached hydrogens (primary N) is 2. The topological polar surface area (TPSA) is 135 Å². The Bertz CT molecular complexity index is 1470. The van der Waals surface area contributed by atoms with E-state index >= 15 is 0 Å². The number of hydrogen-bond donors (Lipinski definition) is 5. The summed E-state index contributed by atoms with van der Waals surface area (Å²) in [5.41, 5.74) is 20.0. The molecule has 0 aliphatic heterocycles. The molecule has 2 amide bonds. The summed E-state index contributed by atoms with van der Waals surface area (Å²) < 4.78 is 5.32. The number of allylic oxidation sites excluding steroid dienone is 1. The Hall–Kier alpha value is -4.42. The molecule has 0 aromatic heterocycles. The molecule has 2 aliphatic rings. The van der Waals surface area contributed by atoms with Crippen LogP contribution in [0.4, 0.5) is 5.69 Å². The van der Waals surface area contributed by atoms with Crippen LogP contribution in [-0.2, 0) is 16.1 Å². The molecule has 9 nitrogen and oxygen atoms in total. The SMILES string of the molecule is CC.CCCC(C)N(C=C1CCC1)Cc1cc(C#CCCCCCNC2CCC(N/C=C(\N)c3ccc(N)c(OC)c3)CC2)ccc1C.O=CNC=O. The predicted molar refractivity (Wildman–Crippen MR) is 222 cm³/mol. The molecule has 0 spiro atoms. The Labute approximate surface area is 320 Å². The van der Waals surface area contributed by atoms with Crippen LogP contribution in [0.25, 0.3) is 5.70 Å². The van der Waals surface area contributed by atoms with E-state index in [0.29, 0.717) is 48.1 Å². The first kappa shape index (κ1) is 44.7. The maximum atomic E-state index is 9.06. The summed E-state index contributed by atoms with van der Waals surface area (Å²) in [6.45, 7) is 13.0. The van der Waals surface area contributed by atoms with E-state index in [1.54, 1.807) is 18.0 Å². The molecular formula is C44H68N6O3. The molecule has 2 saturated carbocycles. The fourth-order valence-electron chi connectivity index (χ4n) is 6.43. The second kappa shape index (κ2) is 26.4. The number of amides is 2. The molecule has 0 saturated heterocycles. The maximum absolute atomic E-state index is 9.06. The molecule has 2 aliphatic carbocycles. The smallest absolute Gasteiger partial charge is 0.213 e. The number of carbonyl (C=O) groups excluding carboxylic acids is 2. The molecule has 1 atom stereocenters. The van der Waals surface area contributed by atoms with Crippen molar-refractivity contribution in [3.8, 4) is 17.6 Å². The quantitative estimate of drug-likeness (QED) is 0.0453. The number of imide groups is 1. The Morgan fingerprint density at radius 2 is 1.74 bits per heavy atom. The zero-order valence-electron chi connectivity index (χ0n) is 33.4. The molecule has 53 heavy (non-hydrogen) atoms. The zero-order chi connectivity index (χ0) is 38.8. The molecule has 0 bridgehead atoms. The summed E-state index contributed by atoms with van der Waals surface area (Å²) in [4.78, 5) is 20.7. The van der Waals surface area contributed by atoms with Gasteiger partial charge < -0.3 is 37.1 Å². The van der Waals surface area contributed by atoms with Gasteiger partial charge in [-0.3, -0.25) is 9.59 Å². The Balaban J connectivity index is 0.00000128. The number of unbranched alkanes of at least 4 members (excludes halogenated alkanes) is 3. The number of benzene rings is 2. The largest absolute Gasteiger partial charge is 0.495 e. The molecule has 0 heterocycles. The monoisotopic (exact) mass is 729 g/mol. The van der Waals surface area contributed by atoms with Gasteiger partial charge in [0.05, 0.1) is 18.5 Å². The van der Waals surface area contributed by atoms with Gasteiger partial charge in [-0.2, -0.15) is 0 Å². The lowest BCUT2D eigenvalue weighted by Crippen LogP contribution is -2.39. The molecule has 2 aromatic carbocycles. The van der Waals surface area contributed by atoms with Crippen molar-refractivity contribution in [1.29, 1.82) is 0 Å². The molecule has 2 fully saturated rings. The number of aryl methyl sites for hydroxylation is 1. The highest BCUT2D eigenvalue weighted by Crippen LogP contribution is 2.28. The Kier molecular flexibility index (Phi) is 22.3. The van der Waals surface area contributed by atoms with Crippen LogP contribution in [-0.4, -0.2) is 49.5 Å². The first-order valence-electron chi connectivity index (χ1n) is 19.8. The summed E-state index contributed by atoms with van der Waals surface area (Å²) in [5.74, 6) is 7.56. The van der Waals surface area contributed by atoms with Crippen LogP contribution >= 0.6 is 0 Å². The first-order valence-corrected chi connectivity index (χ1v) is 19.8. The normalized spacial score (nSPS) is 16.8. The standard InChI is InChI=1S/C40H59N5O.C2H3NO2.C2H6/c1-5-12-31(3)45(28-33-14-11-15-33)29-35-25-32(17-16-30(35)2)13-9-7-6-8-10-24-43-36-19-21-37(22-20-36)44-27-39(42)34-18-23-38(41)40(26-34)46-4;4-1-3-2-5;1-2/h16-18,23,25-28,31,36-37,43-44H,5-8,10-12,14-15,19-22,24,29,41-42H2,1-4H3;1-2H,(H,3,4,5);1-2H3/b39-27-;;. The van der Waals surface area contributed by atoms with Crippen LogP contribution in [0.15, 0.2) is 54.4 Å². The minimum atomic E-state index is 0.312. The van der Waals surface area contributed by atoms with E-state index < -0.39 is 0 Å². The van der Waals surface area contributed by atoms with Crippen molar-refractivity contribution >= 4 is 24.2 Å². The lowest BCUT2D eigenvalue weighted by atomic mass is 9.91. The number of carbonyl (C=O) groups is 2. The Morgan fingerprint density at radius 1 is 1.02 bits per heavy atom. The second-order valence-corrected chi connectivity index (χ2v) is 13.8. The number of methoxy groups -OCH3 is 1. The second-order valence-electron chi connectivity index (χ2n) is 13.8. The van der Waals surface area contributed by atoms with Crippen LogP contribution in [0.2, 0.25) is 0 Å². The number of nitrogen functional groups attached to an aromatic ring is 1. The van der Waals surface area contributed by atoms with E-state index in [-0.39, 0.29) is 0 Å². The fraction of sp³-hybridized carbons (Fsp3) is 0.545. The van der Waals surface area contributed by atoms with Crippen molar-refractivity contribution in [1.82, 2.24) is 20.9 Å². The van der Waals surface area contributed by atoms with Crippen LogP contribution < -0.4 is 32.2 Å². The van der Waals surface area contributed by atoms with Crippen molar-refractivity contribution in [2.75, 3.05) is 19.4 Å². The van der Waals surface area contributed by atoms with Gasteiger partial charge in [0.2, 0.25) is 12.8 Å². The number of anilines is 1. The zero-order valence-corrected chi connectivity index (χ0v) is 33.4. The number of rotatable bonds is 18. The van der Waals surface area contributed by atoms with Crippen LogP contribution in [0.3, 0.4) is 0 Å². The van der Waals surface area contributed by atoms with Gasteiger partial charge in [-0.15, -0.1) is 0 Å². The average molecular weight is 729 g/mol. The highest BCUT2D eigenvalue weighted by Gasteiger charge is 2.20. The third-order valence-corrected chi connectivity index (χ3v) is 9.87. The van der Waals surface area contributed by atoms with Gasteiger partial charge in [0.1, 0.15) is 5.75 Å². The van der Waals surface area contributed by atoms with Crippen molar-refractivity contribution in [3.63, 3.8) is 0 Å². The van der Waals surface area contributed by atoms with E-state index in [1.165, 1.54) is 68.9 Å². The summed E-state index contributed by atoms with van der Waals surface area (Å²) >= 11 is 0. The molecule has 9 heteroatoms. The summed E-state index contributed by atoms with van der Waals surface area (Å²) in [5, 5.41) is 9.07. The minimum Gasteiger partial charge on any atom is -0.495 e. The van der Waals surface area contributed by atoms with Gasteiger partial charge >= 0.3 is 0 Å². The van der Waals surface area contributed by atoms with Gasteiger partial charge in [-0.25, -0.2) is 0 Å².